The molecule has 0 unspecified atom stereocenters. The average Bonchev–Trinajstić information content (AvgIpc) is 2.17. The first-order valence-corrected chi connectivity index (χ1v) is 4.77. The van der Waals surface area contributed by atoms with Crippen LogP contribution in [0, 0.1) is 0 Å². The van der Waals surface area contributed by atoms with Crippen LogP contribution in [0.3, 0.4) is 0 Å². The second-order valence-electron chi connectivity index (χ2n) is 3.77. The van der Waals surface area contributed by atoms with Gasteiger partial charge in [-0.25, -0.2) is 0 Å². The average molecular weight is 176 g/mol. The van der Waals surface area contributed by atoms with Gasteiger partial charge in [-0.1, -0.05) is 6.07 Å². The van der Waals surface area contributed by atoms with E-state index in [1.165, 1.54) is 23.2 Å². The Bertz CT molecular complexity index is 305. The fourth-order valence-corrected chi connectivity index (χ4v) is 1.75. The molecule has 0 atom stereocenters. The lowest BCUT2D eigenvalue weighted by Crippen LogP contribution is -2.24. The maximum absolute atomic E-state index is 3.39. The van der Waals surface area contributed by atoms with Crippen molar-refractivity contribution in [3.8, 4) is 0 Å². The second-order valence-corrected chi connectivity index (χ2v) is 3.77. The van der Waals surface area contributed by atoms with E-state index in [4.69, 9.17) is 0 Å². The van der Waals surface area contributed by atoms with Gasteiger partial charge in [0.25, 0.3) is 0 Å². The maximum Gasteiger partial charge on any atom is 0.0364 e. The zero-order valence-corrected chi connectivity index (χ0v) is 8.30. The van der Waals surface area contributed by atoms with Crippen molar-refractivity contribution >= 4 is 5.69 Å². The summed E-state index contributed by atoms with van der Waals surface area (Å²) in [6.45, 7) is 2.14. The summed E-state index contributed by atoms with van der Waals surface area (Å²) >= 11 is 0. The Labute approximate surface area is 79.6 Å². The van der Waals surface area contributed by atoms with Crippen LogP contribution in [0.2, 0.25) is 0 Å². The Morgan fingerprint density at radius 1 is 1.23 bits per heavy atom. The highest BCUT2D eigenvalue weighted by Gasteiger charge is 2.08. The highest BCUT2D eigenvalue weighted by atomic mass is 15.1. The van der Waals surface area contributed by atoms with Crippen molar-refractivity contribution in [2.24, 2.45) is 0 Å². The summed E-state index contributed by atoms with van der Waals surface area (Å²) < 4.78 is 0. The van der Waals surface area contributed by atoms with Gasteiger partial charge < -0.3 is 10.2 Å². The highest BCUT2D eigenvalue weighted by molar-refractivity contribution is 5.50. The molecule has 0 spiro atoms. The Morgan fingerprint density at radius 3 is 2.85 bits per heavy atom. The third-order valence-corrected chi connectivity index (χ3v) is 2.59. The molecule has 0 aromatic heterocycles. The van der Waals surface area contributed by atoms with Crippen molar-refractivity contribution < 1.29 is 0 Å². The molecule has 0 radical (unpaired) electrons. The van der Waals surface area contributed by atoms with Crippen LogP contribution in [-0.2, 0) is 13.0 Å². The van der Waals surface area contributed by atoms with Crippen LogP contribution in [0.4, 0.5) is 5.69 Å². The lowest BCUT2D eigenvalue weighted by molar-refractivity contribution is 0.644. The quantitative estimate of drug-likeness (QED) is 0.695. The molecule has 0 amide bonds. The predicted molar refractivity (Wildman–Crippen MR) is 56.2 cm³/mol. The van der Waals surface area contributed by atoms with Gasteiger partial charge in [-0.05, 0) is 36.2 Å². The zero-order valence-electron chi connectivity index (χ0n) is 8.30. The topological polar surface area (TPSA) is 15.3 Å². The SMILES string of the molecule is CN(C)c1ccc2c(c1)CNCC2. The van der Waals surface area contributed by atoms with Gasteiger partial charge >= 0.3 is 0 Å². The number of nitrogens with one attached hydrogen (secondary N) is 1. The molecule has 0 bridgehead atoms. The molecule has 0 aliphatic carbocycles. The summed E-state index contributed by atoms with van der Waals surface area (Å²) in [5.41, 5.74) is 4.25. The summed E-state index contributed by atoms with van der Waals surface area (Å²) in [4.78, 5) is 2.15. The minimum Gasteiger partial charge on any atom is -0.378 e. The number of rotatable bonds is 1. The zero-order chi connectivity index (χ0) is 9.26. The first kappa shape index (κ1) is 8.57. The van der Waals surface area contributed by atoms with E-state index in [1.54, 1.807) is 0 Å². The van der Waals surface area contributed by atoms with Gasteiger partial charge in [0.2, 0.25) is 0 Å². The van der Waals surface area contributed by atoms with E-state index in [-0.39, 0.29) is 0 Å². The Balaban J connectivity index is 2.35. The number of anilines is 1. The van der Waals surface area contributed by atoms with Crippen LogP contribution in [-0.4, -0.2) is 20.6 Å². The van der Waals surface area contributed by atoms with E-state index >= 15 is 0 Å². The Kier molecular flexibility index (Phi) is 2.23. The van der Waals surface area contributed by atoms with Crippen LogP contribution in [0.25, 0.3) is 0 Å². The summed E-state index contributed by atoms with van der Waals surface area (Å²) in [5.74, 6) is 0. The number of benzene rings is 1. The standard InChI is InChI=1S/C11H16N2/c1-13(2)11-4-3-9-5-6-12-8-10(9)7-11/h3-4,7,12H,5-6,8H2,1-2H3. The number of hydrogen-bond donors (Lipinski definition) is 1. The van der Waals surface area contributed by atoms with Gasteiger partial charge in [-0.2, -0.15) is 0 Å². The third-order valence-electron chi connectivity index (χ3n) is 2.59. The Morgan fingerprint density at radius 2 is 2.08 bits per heavy atom. The fourth-order valence-electron chi connectivity index (χ4n) is 1.75. The number of hydrogen-bond acceptors (Lipinski definition) is 2. The minimum atomic E-state index is 1.02. The molecule has 0 fully saturated rings. The van der Waals surface area contributed by atoms with E-state index in [0.717, 1.165) is 13.1 Å². The van der Waals surface area contributed by atoms with Crippen molar-refractivity contribution in [3.63, 3.8) is 0 Å². The van der Waals surface area contributed by atoms with Gasteiger partial charge in [-0.15, -0.1) is 0 Å². The molecule has 0 saturated heterocycles. The molecule has 0 saturated carbocycles. The molecule has 2 rings (SSSR count). The lowest BCUT2D eigenvalue weighted by Gasteiger charge is -2.20. The van der Waals surface area contributed by atoms with Gasteiger partial charge in [0.15, 0.2) is 0 Å². The van der Waals surface area contributed by atoms with Crippen LogP contribution in [0.15, 0.2) is 18.2 Å². The molecule has 2 nitrogen and oxygen atoms in total. The number of fused-ring (bicyclic) bond motifs is 1. The minimum absolute atomic E-state index is 1.02. The van der Waals surface area contributed by atoms with Gasteiger partial charge in [0, 0.05) is 26.3 Å². The van der Waals surface area contributed by atoms with Crippen LogP contribution >= 0.6 is 0 Å². The number of nitrogens with zero attached hydrogens (tertiary/aromatic N) is 1. The van der Waals surface area contributed by atoms with E-state index in [0.29, 0.717) is 0 Å². The molecule has 1 aliphatic rings. The normalized spacial score (nSPS) is 15.2. The largest absolute Gasteiger partial charge is 0.378 e. The highest BCUT2D eigenvalue weighted by Crippen LogP contribution is 2.20. The molecule has 2 heteroatoms. The van der Waals surface area contributed by atoms with Crippen LogP contribution < -0.4 is 10.2 Å². The molecular formula is C11H16N2. The fraction of sp³-hybridized carbons (Fsp3) is 0.455. The van der Waals surface area contributed by atoms with Crippen LogP contribution in [0.5, 0.6) is 0 Å². The van der Waals surface area contributed by atoms with Crippen molar-refractivity contribution in [3.05, 3.63) is 29.3 Å². The molecule has 70 valence electrons. The first-order chi connectivity index (χ1) is 6.27. The molecule has 1 aromatic carbocycles. The Hall–Kier alpha value is -1.02. The van der Waals surface area contributed by atoms with E-state index in [1.807, 2.05) is 0 Å². The molecule has 1 aromatic rings. The maximum atomic E-state index is 3.39. The molecular weight excluding hydrogens is 160 g/mol. The van der Waals surface area contributed by atoms with Gasteiger partial charge in [0.1, 0.15) is 0 Å². The van der Waals surface area contributed by atoms with Crippen molar-refractivity contribution in [1.29, 1.82) is 0 Å². The molecule has 1 N–H and O–H groups in total. The van der Waals surface area contributed by atoms with E-state index in [2.05, 4.69) is 42.5 Å². The smallest absolute Gasteiger partial charge is 0.0364 e. The first-order valence-electron chi connectivity index (χ1n) is 4.77. The summed E-state index contributed by atoms with van der Waals surface area (Å²) in [6, 6.07) is 6.73. The van der Waals surface area contributed by atoms with E-state index in [9.17, 15) is 0 Å². The van der Waals surface area contributed by atoms with Gasteiger partial charge in [-0.3, -0.25) is 0 Å². The predicted octanol–water partition coefficient (Wildman–Crippen LogP) is 1.40. The summed E-state index contributed by atoms with van der Waals surface area (Å²) in [5, 5.41) is 3.39. The molecule has 13 heavy (non-hydrogen) atoms. The lowest BCUT2D eigenvalue weighted by atomic mass is 10.0. The third kappa shape index (κ3) is 1.68. The van der Waals surface area contributed by atoms with Crippen molar-refractivity contribution in [2.75, 3.05) is 25.5 Å². The second kappa shape index (κ2) is 3.38. The molecule has 1 heterocycles. The monoisotopic (exact) mass is 176 g/mol. The summed E-state index contributed by atoms with van der Waals surface area (Å²) in [6.07, 6.45) is 1.17. The van der Waals surface area contributed by atoms with Gasteiger partial charge in [0.05, 0.1) is 0 Å². The van der Waals surface area contributed by atoms with Crippen molar-refractivity contribution in [1.82, 2.24) is 5.32 Å². The molecule has 1 aliphatic heterocycles. The summed E-state index contributed by atoms with van der Waals surface area (Å²) in [7, 11) is 4.16. The van der Waals surface area contributed by atoms with Crippen LogP contribution in [0.1, 0.15) is 11.1 Å². The van der Waals surface area contributed by atoms with Crippen molar-refractivity contribution in [2.45, 2.75) is 13.0 Å². The van der Waals surface area contributed by atoms with E-state index < -0.39 is 0 Å².